The van der Waals surface area contributed by atoms with Gasteiger partial charge in [0.25, 0.3) is 0 Å². The number of hydrogen-bond donors (Lipinski definition) is 2. The van der Waals surface area contributed by atoms with Crippen molar-refractivity contribution < 1.29 is 9.90 Å². The summed E-state index contributed by atoms with van der Waals surface area (Å²) in [5.41, 5.74) is 7.65. The maximum Gasteiger partial charge on any atom is 0.320 e. The number of thiophene rings is 1. The van der Waals surface area contributed by atoms with Crippen LogP contribution in [0.1, 0.15) is 16.0 Å². The summed E-state index contributed by atoms with van der Waals surface area (Å²) in [6.45, 7) is 0. The van der Waals surface area contributed by atoms with Crippen molar-refractivity contribution in [3.8, 4) is 0 Å². The van der Waals surface area contributed by atoms with Crippen LogP contribution >= 0.6 is 22.9 Å². The highest BCUT2D eigenvalue weighted by Crippen LogP contribution is 2.20. The van der Waals surface area contributed by atoms with E-state index < -0.39 is 12.0 Å². The molecular weight excluding hydrogens is 294 g/mol. The Morgan fingerprint density at radius 3 is 2.75 bits per heavy atom. The quantitative estimate of drug-likeness (QED) is 0.861. The molecule has 0 aliphatic heterocycles. The second-order valence-corrected chi connectivity index (χ2v) is 6.11. The number of hydrogen-bond acceptors (Lipinski definition) is 3. The number of carbonyl (C=O) groups is 1. The van der Waals surface area contributed by atoms with Crippen molar-refractivity contribution >= 4 is 28.9 Å². The second kappa shape index (κ2) is 6.88. The van der Waals surface area contributed by atoms with Gasteiger partial charge in [0.1, 0.15) is 6.04 Å². The van der Waals surface area contributed by atoms with Gasteiger partial charge in [0, 0.05) is 9.90 Å². The molecule has 0 spiro atoms. The highest BCUT2D eigenvalue weighted by atomic mass is 35.5. The van der Waals surface area contributed by atoms with Gasteiger partial charge in [-0.1, -0.05) is 23.7 Å². The predicted molar refractivity (Wildman–Crippen MR) is 82.5 cm³/mol. The van der Waals surface area contributed by atoms with E-state index >= 15 is 0 Å². The van der Waals surface area contributed by atoms with Gasteiger partial charge in [0.15, 0.2) is 0 Å². The van der Waals surface area contributed by atoms with Gasteiger partial charge in [0.05, 0.1) is 0 Å². The molecule has 0 fully saturated rings. The summed E-state index contributed by atoms with van der Waals surface area (Å²) in [5.74, 6) is -0.982. The van der Waals surface area contributed by atoms with E-state index in [0.29, 0.717) is 11.4 Å². The molecule has 0 amide bonds. The van der Waals surface area contributed by atoms with Gasteiger partial charge < -0.3 is 10.8 Å². The predicted octanol–water partition coefficient (Wildman–Crippen LogP) is 3.14. The summed E-state index contributed by atoms with van der Waals surface area (Å²) in [7, 11) is 0. The van der Waals surface area contributed by atoms with E-state index in [-0.39, 0.29) is 0 Å². The van der Waals surface area contributed by atoms with Crippen LogP contribution in [0.5, 0.6) is 0 Å². The van der Waals surface area contributed by atoms with Crippen molar-refractivity contribution in [3.63, 3.8) is 0 Å². The third-order valence-electron chi connectivity index (χ3n) is 3.15. The molecule has 1 heterocycles. The molecular formula is C15H16ClNO2S. The molecule has 106 valence electrons. The molecule has 0 saturated heterocycles. The Balaban J connectivity index is 2.13. The van der Waals surface area contributed by atoms with Crippen molar-refractivity contribution in [1.82, 2.24) is 0 Å². The van der Waals surface area contributed by atoms with Crippen LogP contribution in [0.2, 0.25) is 5.02 Å². The van der Waals surface area contributed by atoms with Gasteiger partial charge in [-0.05, 0) is 54.0 Å². The summed E-state index contributed by atoms with van der Waals surface area (Å²) >= 11 is 7.75. The third kappa shape index (κ3) is 4.07. The van der Waals surface area contributed by atoms with Crippen molar-refractivity contribution in [2.24, 2.45) is 5.73 Å². The molecule has 0 aliphatic carbocycles. The van der Waals surface area contributed by atoms with Crippen LogP contribution in [-0.4, -0.2) is 17.1 Å². The molecule has 2 rings (SSSR count). The Hall–Kier alpha value is -1.36. The lowest BCUT2D eigenvalue weighted by Gasteiger charge is -2.12. The lowest BCUT2D eigenvalue weighted by Crippen LogP contribution is -2.32. The normalized spacial score (nSPS) is 12.3. The third-order valence-corrected chi connectivity index (χ3v) is 4.32. The average Bonchev–Trinajstić information content (AvgIpc) is 2.92. The topological polar surface area (TPSA) is 63.3 Å². The fourth-order valence-corrected chi connectivity index (χ4v) is 2.97. The first-order chi connectivity index (χ1) is 9.56. The summed E-state index contributed by atoms with van der Waals surface area (Å²) in [5, 5.41) is 11.6. The molecule has 20 heavy (non-hydrogen) atoms. The van der Waals surface area contributed by atoms with Gasteiger partial charge in [-0.3, -0.25) is 4.79 Å². The minimum Gasteiger partial charge on any atom is -0.480 e. The Kier molecular flexibility index (Phi) is 5.17. The van der Waals surface area contributed by atoms with E-state index in [0.717, 1.165) is 24.0 Å². The van der Waals surface area contributed by atoms with E-state index in [9.17, 15) is 4.79 Å². The molecule has 1 aromatic heterocycles. The van der Waals surface area contributed by atoms with Crippen molar-refractivity contribution in [2.45, 2.75) is 25.3 Å². The number of halogens is 1. The number of aliphatic carboxylic acids is 1. The van der Waals surface area contributed by atoms with E-state index in [1.165, 1.54) is 4.88 Å². The Morgan fingerprint density at radius 2 is 2.10 bits per heavy atom. The van der Waals surface area contributed by atoms with E-state index in [1.807, 2.05) is 18.2 Å². The summed E-state index contributed by atoms with van der Waals surface area (Å²) < 4.78 is 0. The lowest BCUT2D eigenvalue weighted by molar-refractivity contribution is -0.138. The van der Waals surface area contributed by atoms with E-state index in [2.05, 4.69) is 11.4 Å². The van der Waals surface area contributed by atoms with Gasteiger partial charge in [-0.25, -0.2) is 0 Å². The molecule has 1 aromatic carbocycles. The molecule has 0 saturated carbocycles. The standard InChI is InChI=1S/C15H16ClNO2S/c16-12-5-3-11(9-14(17)15(18)19)10(8-12)4-6-13-2-1-7-20-13/h1-3,5,7-8,14H,4,6,9,17H2,(H,18,19)/t14-/m0/s1. The summed E-state index contributed by atoms with van der Waals surface area (Å²) in [6.07, 6.45) is 2.09. The molecule has 5 heteroatoms. The first-order valence-electron chi connectivity index (χ1n) is 6.34. The Bertz CT molecular complexity index is 584. The number of rotatable bonds is 6. The number of carboxylic acids is 1. The van der Waals surface area contributed by atoms with Crippen LogP contribution in [0, 0.1) is 0 Å². The zero-order chi connectivity index (χ0) is 14.5. The number of aryl methyl sites for hydroxylation is 2. The zero-order valence-electron chi connectivity index (χ0n) is 10.9. The molecule has 0 unspecified atom stereocenters. The van der Waals surface area contributed by atoms with Crippen LogP contribution < -0.4 is 5.73 Å². The fourth-order valence-electron chi connectivity index (χ4n) is 2.06. The fraction of sp³-hybridized carbons (Fsp3) is 0.267. The summed E-state index contributed by atoms with van der Waals surface area (Å²) in [6, 6.07) is 8.79. The number of carboxylic acid groups (broad SMARTS) is 1. The van der Waals surface area contributed by atoms with Crippen LogP contribution in [0.3, 0.4) is 0 Å². The van der Waals surface area contributed by atoms with Gasteiger partial charge in [-0.15, -0.1) is 11.3 Å². The molecule has 0 radical (unpaired) electrons. The lowest BCUT2D eigenvalue weighted by atomic mass is 9.97. The van der Waals surface area contributed by atoms with Gasteiger partial charge in [-0.2, -0.15) is 0 Å². The second-order valence-electron chi connectivity index (χ2n) is 4.64. The first-order valence-corrected chi connectivity index (χ1v) is 7.60. The maximum absolute atomic E-state index is 10.9. The number of nitrogens with two attached hydrogens (primary N) is 1. The van der Waals surface area contributed by atoms with E-state index in [1.54, 1.807) is 17.4 Å². The summed E-state index contributed by atoms with van der Waals surface area (Å²) in [4.78, 5) is 12.2. The monoisotopic (exact) mass is 309 g/mol. The molecule has 3 nitrogen and oxygen atoms in total. The molecule has 0 aliphatic rings. The van der Waals surface area contributed by atoms with Crippen molar-refractivity contribution in [1.29, 1.82) is 0 Å². The molecule has 2 aromatic rings. The Labute approximate surface area is 127 Å². The van der Waals surface area contributed by atoms with Gasteiger partial charge >= 0.3 is 5.97 Å². The number of benzene rings is 1. The largest absolute Gasteiger partial charge is 0.480 e. The van der Waals surface area contributed by atoms with E-state index in [4.69, 9.17) is 22.4 Å². The van der Waals surface area contributed by atoms with Crippen molar-refractivity contribution in [2.75, 3.05) is 0 Å². The zero-order valence-corrected chi connectivity index (χ0v) is 12.5. The smallest absolute Gasteiger partial charge is 0.320 e. The maximum atomic E-state index is 10.9. The highest BCUT2D eigenvalue weighted by molar-refractivity contribution is 7.09. The van der Waals surface area contributed by atoms with Crippen LogP contribution in [0.15, 0.2) is 35.7 Å². The highest BCUT2D eigenvalue weighted by Gasteiger charge is 2.14. The molecule has 0 bridgehead atoms. The first kappa shape index (κ1) is 15.0. The minimum absolute atomic E-state index is 0.326. The van der Waals surface area contributed by atoms with Crippen LogP contribution in [0.4, 0.5) is 0 Å². The molecule has 1 atom stereocenters. The molecule has 3 N–H and O–H groups in total. The van der Waals surface area contributed by atoms with Crippen LogP contribution in [-0.2, 0) is 24.1 Å². The minimum atomic E-state index is -0.982. The SMILES string of the molecule is N[C@@H](Cc1ccc(Cl)cc1CCc1cccs1)C(=O)O. The average molecular weight is 310 g/mol. The Morgan fingerprint density at radius 1 is 1.30 bits per heavy atom. The van der Waals surface area contributed by atoms with Crippen LogP contribution in [0.25, 0.3) is 0 Å². The van der Waals surface area contributed by atoms with Gasteiger partial charge in [0.2, 0.25) is 0 Å². The van der Waals surface area contributed by atoms with Crippen molar-refractivity contribution in [3.05, 3.63) is 56.7 Å².